The highest BCUT2D eigenvalue weighted by atomic mass is 35.5. The van der Waals surface area contributed by atoms with Crippen molar-refractivity contribution in [3.8, 4) is 0 Å². The zero-order chi connectivity index (χ0) is 21.4. The Bertz CT molecular complexity index is 1100. The zero-order valence-corrected chi connectivity index (χ0v) is 18.4. The molecule has 3 aliphatic heterocycles. The number of nitrogens with zero attached hydrogens (tertiary/aromatic N) is 2. The molecule has 2 saturated heterocycles. The average molecular weight is 441 g/mol. The first kappa shape index (κ1) is 19.5. The summed E-state index contributed by atoms with van der Waals surface area (Å²) in [6.45, 7) is 5.56. The van der Waals surface area contributed by atoms with Gasteiger partial charge in [-0.25, -0.2) is 0 Å². The fraction of sp³-hybridized carbons (Fsp3) is 0.348. The van der Waals surface area contributed by atoms with Crippen LogP contribution in [-0.4, -0.2) is 40.1 Å². The molecule has 0 unspecified atom stereocenters. The van der Waals surface area contributed by atoms with Crippen LogP contribution in [-0.2, 0) is 9.59 Å². The van der Waals surface area contributed by atoms with Gasteiger partial charge in [0.2, 0.25) is 11.8 Å². The molecule has 0 aliphatic carbocycles. The topological polar surface area (TPSA) is 57.7 Å². The minimum atomic E-state index is -0.729. The Morgan fingerprint density at radius 2 is 1.83 bits per heavy atom. The van der Waals surface area contributed by atoms with Crippen LogP contribution in [0.25, 0.3) is 6.08 Å². The summed E-state index contributed by atoms with van der Waals surface area (Å²) in [5, 5.41) is 2.45. The van der Waals surface area contributed by atoms with E-state index >= 15 is 0 Å². The molecule has 0 N–H and O–H groups in total. The van der Waals surface area contributed by atoms with Gasteiger partial charge >= 0.3 is 0 Å². The minimum Gasteiger partial charge on any atom is -0.352 e. The molecule has 30 heavy (non-hydrogen) atoms. The van der Waals surface area contributed by atoms with Crippen molar-refractivity contribution >= 4 is 52.3 Å². The van der Waals surface area contributed by atoms with Crippen molar-refractivity contribution in [3.05, 3.63) is 57.3 Å². The second kappa shape index (κ2) is 6.53. The number of thiophene rings is 1. The van der Waals surface area contributed by atoms with Gasteiger partial charge in [-0.2, -0.15) is 0 Å². The second-order valence-electron chi connectivity index (χ2n) is 8.98. The number of carbonyl (C=O) groups excluding carboxylic acids is 3. The molecule has 154 valence electrons. The number of amides is 2. The molecule has 0 bridgehead atoms. The normalized spacial score (nSPS) is 27.3. The summed E-state index contributed by atoms with van der Waals surface area (Å²) in [5.74, 6) is -1.86. The second-order valence-corrected chi connectivity index (χ2v) is 10.4. The van der Waals surface area contributed by atoms with Crippen molar-refractivity contribution in [2.24, 2.45) is 11.8 Å². The molecule has 2 aromatic rings. The van der Waals surface area contributed by atoms with E-state index < -0.39 is 23.4 Å². The van der Waals surface area contributed by atoms with Crippen LogP contribution >= 0.6 is 22.9 Å². The molecule has 4 atom stereocenters. The maximum Gasteiger partial charge on any atom is 0.236 e. The van der Waals surface area contributed by atoms with E-state index in [0.29, 0.717) is 9.90 Å². The molecule has 2 fully saturated rings. The number of imide groups is 1. The number of hydrogen-bond acceptors (Lipinski definition) is 5. The predicted octanol–water partition coefficient (Wildman–Crippen LogP) is 4.27. The van der Waals surface area contributed by atoms with Crippen LogP contribution in [0, 0.1) is 11.8 Å². The lowest BCUT2D eigenvalue weighted by molar-refractivity contribution is -0.145. The molecule has 0 spiro atoms. The number of likely N-dealkylation sites (tertiary alicyclic amines) is 1. The number of anilines is 1. The summed E-state index contributed by atoms with van der Waals surface area (Å²) in [5.41, 5.74) is 1.08. The summed E-state index contributed by atoms with van der Waals surface area (Å²) in [6, 6.07) is 8.03. The first-order valence-corrected chi connectivity index (χ1v) is 11.2. The third kappa shape index (κ3) is 2.63. The molecule has 1 aromatic carbocycles. The Hall–Kier alpha value is -2.44. The maximum absolute atomic E-state index is 13.6. The van der Waals surface area contributed by atoms with Crippen LogP contribution in [0.1, 0.15) is 36.0 Å². The molecular weight excluding hydrogens is 420 g/mol. The summed E-state index contributed by atoms with van der Waals surface area (Å²) in [6.07, 6.45) is 3.88. The van der Waals surface area contributed by atoms with Gasteiger partial charge in [0, 0.05) is 16.2 Å². The third-order valence-corrected chi connectivity index (χ3v) is 7.29. The monoisotopic (exact) mass is 440 g/mol. The molecule has 3 aliphatic rings. The molecule has 1 aromatic heterocycles. The average Bonchev–Trinajstić information content (AvgIpc) is 3.37. The Morgan fingerprint density at radius 1 is 1.10 bits per heavy atom. The lowest BCUT2D eigenvalue weighted by Gasteiger charge is -2.38. The number of carbonyl (C=O) groups is 3. The largest absolute Gasteiger partial charge is 0.352 e. The molecule has 5 rings (SSSR count). The van der Waals surface area contributed by atoms with Crippen LogP contribution < -0.4 is 4.90 Å². The van der Waals surface area contributed by atoms with E-state index in [-0.39, 0.29) is 23.6 Å². The third-order valence-electron chi connectivity index (χ3n) is 6.17. The van der Waals surface area contributed by atoms with Gasteiger partial charge in [-0.15, -0.1) is 11.3 Å². The highest BCUT2D eigenvalue weighted by Gasteiger charge is 2.65. The lowest BCUT2D eigenvalue weighted by atomic mass is 9.87. The minimum absolute atomic E-state index is 0.115. The molecule has 0 saturated carbocycles. The van der Waals surface area contributed by atoms with Crippen molar-refractivity contribution < 1.29 is 14.4 Å². The van der Waals surface area contributed by atoms with Crippen molar-refractivity contribution in [2.75, 3.05) is 4.90 Å². The van der Waals surface area contributed by atoms with E-state index in [9.17, 15) is 14.4 Å². The van der Waals surface area contributed by atoms with E-state index in [1.165, 1.54) is 16.2 Å². The van der Waals surface area contributed by atoms with Gasteiger partial charge in [-0.05, 0) is 56.0 Å². The highest BCUT2D eigenvalue weighted by molar-refractivity contribution is 7.12. The van der Waals surface area contributed by atoms with Gasteiger partial charge in [0.05, 0.1) is 22.8 Å². The van der Waals surface area contributed by atoms with Crippen molar-refractivity contribution in [3.63, 3.8) is 0 Å². The Labute approximate surface area is 183 Å². The maximum atomic E-state index is 13.6. The van der Waals surface area contributed by atoms with Gasteiger partial charge < -0.3 is 4.90 Å². The first-order chi connectivity index (χ1) is 14.2. The summed E-state index contributed by atoms with van der Waals surface area (Å²) >= 11 is 7.54. The Morgan fingerprint density at radius 3 is 2.50 bits per heavy atom. The number of fused-ring (bicyclic) bond motifs is 5. The fourth-order valence-electron chi connectivity index (χ4n) is 5.07. The smallest absolute Gasteiger partial charge is 0.236 e. The van der Waals surface area contributed by atoms with Crippen LogP contribution in [0.2, 0.25) is 5.02 Å². The quantitative estimate of drug-likeness (QED) is 0.517. The number of Topliss-reactive ketones (excluding diaryl/α,β-unsaturated/α-hetero) is 1. The van der Waals surface area contributed by atoms with Crippen molar-refractivity contribution in [1.29, 1.82) is 0 Å². The number of ketones is 1. The van der Waals surface area contributed by atoms with Gasteiger partial charge in [-0.1, -0.05) is 29.8 Å². The van der Waals surface area contributed by atoms with Gasteiger partial charge in [-0.3, -0.25) is 19.3 Å². The summed E-state index contributed by atoms with van der Waals surface area (Å²) in [7, 11) is 0. The van der Waals surface area contributed by atoms with Gasteiger partial charge in [0.15, 0.2) is 5.78 Å². The molecular formula is C23H21ClN2O3S. The molecule has 5 nitrogen and oxygen atoms in total. The fourth-order valence-corrected chi connectivity index (χ4v) is 5.95. The van der Waals surface area contributed by atoms with E-state index in [1.807, 2.05) is 61.4 Å². The van der Waals surface area contributed by atoms with E-state index in [2.05, 4.69) is 0 Å². The summed E-state index contributed by atoms with van der Waals surface area (Å²) in [4.78, 5) is 44.5. The zero-order valence-electron chi connectivity index (χ0n) is 16.8. The standard InChI is InChI=1S/C23H21ClN2O3S/c1-23(2,3)26-21(28)17-15-8-6-12-11-13(24)7-9-14(12)25(15)19(18(17)22(26)29)20(27)16-5-4-10-30-16/h4-11,15,17-19H,1-3H3/t15-,17+,18+,19-/m0/s1. The van der Waals surface area contributed by atoms with Crippen LogP contribution in [0.4, 0.5) is 5.69 Å². The SMILES string of the molecule is CC(C)(C)N1C(=O)[C@@H]2[C@H](C1=O)[C@@H]1C=Cc3cc(Cl)ccc3N1[C@@H]2C(=O)c1cccs1. The van der Waals surface area contributed by atoms with Crippen LogP contribution in [0.15, 0.2) is 41.8 Å². The van der Waals surface area contributed by atoms with E-state index in [4.69, 9.17) is 11.6 Å². The number of halogens is 1. The van der Waals surface area contributed by atoms with Crippen molar-refractivity contribution in [2.45, 2.75) is 38.4 Å². The Balaban J connectivity index is 1.68. The van der Waals surface area contributed by atoms with Gasteiger partial charge in [0.1, 0.15) is 6.04 Å². The van der Waals surface area contributed by atoms with Gasteiger partial charge in [0.25, 0.3) is 0 Å². The lowest BCUT2D eigenvalue weighted by Crippen LogP contribution is -2.52. The van der Waals surface area contributed by atoms with Crippen molar-refractivity contribution in [1.82, 2.24) is 4.90 Å². The Kier molecular flexibility index (Phi) is 4.25. The van der Waals surface area contributed by atoms with Crippen LogP contribution in [0.5, 0.6) is 0 Å². The predicted molar refractivity (Wildman–Crippen MR) is 118 cm³/mol. The number of hydrogen-bond donors (Lipinski definition) is 0. The number of rotatable bonds is 2. The molecule has 7 heteroatoms. The highest BCUT2D eigenvalue weighted by Crippen LogP contribution is 2.50. The van der Waals surface area contributed by atoms with E-state index in [1.54, 1.807) is 12.1 Å². The molecule has 2 amide bonds. The molecule has 4 heterocycles. The first-order valence-electron chi connectivity index (χ1n) is 9.92. The van der Waals surface area contributed by atoms with E-state index in [0.717, 1.165) is 11.3 Å². The summed E-state index contributed by atoms with van der Waals surface area (Å²) < 4.78 is 0. The molecule has 0 radical (unpaired) electrons. The number of benzene rings is 1. The van der Waals surface area contributed by atoms with Crippen LogP contribution in [0.3, 0.4) is 0 Å².